The van der Waals surface area contributed by atoms with Gasteiger partial charge in [-0.05, 0) is 38.8 Å². The van der Waals surface area contributed by atoms with Crippen LogP contribution in [0.4, 0.5) is 0 Å². The first-order valence-electron chi connectivity index (χ1n) is 6.78. The molecule has 0 aromatic heterocycles. The number of hydrogen-bond donors (Lipinski definition) is 1. The van der Waals surface area contributed by atoms with E-state index in [2.05, 4.69) is 24.1 Å². The molecular formula is C13H28N2O. The van der Waals surface area contributed by atoms with Gasteiger partial charge in [0, 0.05) is 25.7 Å². The van der Waals surface area contributed by atoms with E-state index in [1.165, 1.54) is 32.2 Å². The molecule has 0 bridgehead atoms. The van der Waals surface area contributed by atoms with E-state index in [0.29, 0.717) is 6.04 Å². The molecule has 2 unspecified atom stereocenters. The Kier molecular flexibility index (Phi) is 7.01. The zero-order valence-corrected chi connectivity index (χ0v) is 11.2. The second kappa shape index (κ2) is 8.04. The molecule has 0 aromatic carbocycles. The van der Waals surface area contributed by atoms with Crippen molar-refractivity contribution in [2.75, 3.05) is 33.4 Å². The minimum Gasteiger partial charge on any atom is -0.383 e. The van der Waals surface area contributed by atoms with Crippen LogP contribution in [0.15, 0.2) is 0 Å². The quantitative estimate of drug-likeness (QED) is 0.686. The van der Waals surface area contributed by atoms with E-state index >= 15 is 0 Å². The van der Waals surface area contributed by atoms with Crippen molar-refractivity contribution < 1.29 is 4.74 Å². The molecule has 1 aliphatic rings. The van der Waals surface area contributed by atoms with Crippen molar-refractivity contribution in [1.82, 2.24) is 10.2 Å². The third-order valence-electron chi connectivity index (χ3n) is 3.48. The molecule has 0 aliphatic carbocycles. The largest absolute Gasteiger partial charge is 0.383 e. The van der Waals surface area contributed by atoms with Gasteiger partial charge in [0.1, 0.15) is 0 Å². The van der Waals surface area contributed by atoms with Crippen molar-refractivity contribution in [3.05, 3.63) is 0 Å². The van der Waals surface area contributed by atoms with Crippen LogP contribution in [0.1, 0.15) is 39.5 Å². The zero-order valence-electron chi connectivity index (χ0n) is 11.2. The Bertz CT molecular complexity index is 175. The number of rotatable bonds is 8. The maximum atomic E-state index is 5.29. The molecule has 96 valence electrons. The molecule has 0 saturated carbocycles. The summed E-state index contributed by atoms with van der Waals surface area (Å²) in [6, 6.07) is 1.31. The standard InChI is InChI=1S/C13H28N2O/c1-4-8-14-12(11-16-3)10-15-9-6-7-13(15)5-2/h12-14H,4-11H2,1-3H3. The van der Waals surface area contributed by atoms with E-state index in [1.54, 1.807) is 7.11 Å². The molecule has 0 spiro atoms. The molecule has 2 atom stereocenters. The van der Waals surface area contributed by atoms with Gasteiger partial charge in [-0.15, -0.1) is 0 Å². The second-order valence-corrected chi connectivity index (χ2v) is 4.81. The van der Waals surface area contributed by atoms with E-state index < -0.39 is 0 Å². The molecule has 1 N–H and O–H groups in total. The highest BCUT2D eigenvalue weighted by atomic mass is 16.5. The molecule has 0 radical (unpaired) electrons. The van der Waals surface area contributed by atoms with Crippen LogP contribution in [-0.4, -0.2) is 50.3 Å². The predicted molar refractivity (Wildman–Crippen MR) is 68.8 cm³/mol. The molecule has 1 saturated heterocycles. The first kappa shape index (κ1) is 13.9. The van der Waals surface area contributed by atoms with Gasteiger partial charge in [-0.3, -0.25) is 4.90 Å². The van der Waals surface area contributed by atoms with Crippen LogP contribution < -0.4 is 5.32 Å². The fraction of sp³-hybridized carbons (Fsp3) is 1.00. The lowest BCUT2D eigenvalue weighted by atomic mass is 10.1. The topological polar surface area (TPSA) is 24.5 Å². The molecule has 1 rings (SSSR count). The molecular weight excluding hydrogens is 200 g/mol. The number of nitrogens with zero attached hydrogens (tertiary/aromatic N) is 1. The van der Waals surface area contributed by atoms with E-state index in [4.69, 9.17) is 4.74 Å². The van der Waals surface area contributed by atoms with Crippen LogP contribution in [0.25, 0.3) is 0 Å². The lowest BCUT2D eigenvalue weighted by Gasteiger charge is -2.28. The van der Waals surface area contributed by atoms with Gasteiger partial charge in [0.15, 0.2) is 0 Å². The summed E-state index contributed by atoms with van der Waals surface area (Å²) in [7, 11) is 1.79. The Morgan fingerprint density at radius 3 is 2.88 bits per heavy atom. The number of methoxy groups -OCH3 is 1. The minimum absolute atomic E-state index is 0.497. The molecule has 3 nitrogen and oxygen atoms in total. The highest BCUT2D eigenvalue weighted by molar-refractivity contribution is 4.82. The van der Waals surface area contributed by atoms with Crippen LogP contribution in [0, 0.1) is 0 Å². The monoisotopic (exact) mass is 228 g/mol. The van der Waals surface area contributed by atoms with Crippen LogP contribution in [-0.2, 0) is 4.74 Å². The van der Waals surface area contributed by atoms with Crippen LogP contribution in [0.3, 0.4) is 0 Å². The van der Waals surface area contributed by atoms with E-state index in [0.717, 1.165) is 25.7 Å². The van der Waals surface area contributed by atoms with Gasteiger partial charge >= 0.3 is 0 Å². The number of likely N-dealkylation sites (tertiary alicyclic amines) is 1. The van der Waals surface area contributed by atoms with Crippen molar-refractivity contribution >= 4 is 0 Å². The zero-order chi connectivity index (χ0) is 11.8. The Balaban J connectivity index is 2.34. The van der Waals surface area contributed by atoms with Crippen molar-refractivity contribution in [3.63, 3.8) is 0 Å². The Morgan fingerprint density at radius 1 is 1.44 bits per heavy atom. The first-order valence-corrected chi connectivity index (χ1v) is 6.78. The third kappa shape index (κ3) is 4.40. The first-order chi connectivity index (χ1) is 7.81. The summed E-state index contributed by atoms with van der Waals surface area (Å²) in [6.45, 7) is 8.85. The predicted octanol–water partition coefficient (Wildman–Crippen LogP) is 1.88. The SMILES string of the molecule is CCCNC(COC)CN1CCCC1CC. The molecule has 0 aromatic rings. The average molecular weight is 228 g/mol. The average Bonchev–Trinajstić information content (AvgIpc) is 2.73. The highest BCUT2D eigenvalue weighted by Gasteiger charge is 2.24. The summed E-state index contributed by atoms with van der Waals surface area (Å²) in [6.07, 6.45) is 5.22. The number of ether oxygens (including phenoxy) is 1. The van der Waals surface area contributed by atoms with Gasteiger partial charge in [-0.2, -0.15) is 0 Å². The Morgan fingerprint density at radius 2 is 2.25 bits per heavy atom. The lowest BCUT2D eigenvalue weighted by molar-refractivity contribution is 0.132. The van der Waals surface area contributed by atoms with Gasteiger partial charge in [0.25, 0.3) is 0 Å². The summed E-state index contributed by atoms with van der Waals surface area (Å²) in [5, 5.41) is 3.58. The summed E-state index contributed by atoms with van der Waals surface area (Å²) in [4.78, 5) is 2.63. The van der Waals surface area contributed by atoms with Gasteiger partial charge in [0.2, 0.25) is 0 Å². The van der Waals surface area contributed by atoms with Crippen molar-refractivity contribution in [2.45, 2.75) is 51.6 Å². The summed E-state index contributed by atoms with van der Waals surface area (Å²) < 4.78 is 5.29. The summed E-state index contributed by atoms with van der Waals surface area (Å²) >= 11 is 0. The number of nitrogens with one attached hydrogen (secondary N) is 1. The normalized spacial score (nSPS) is 23.8. The molecule has 1 heterocycles. The van der Waals surface area contributed by atoms with E-state index in [1.807, 2.05) is 0 Å². The van der Waals surface area contributed by atoms with Gasteiger partial charge in [-0.1, -0.05) is 13.8 Å². The van der Waals surface area contributed by atoms with Gasteiger partial charge in [-0.25, -0.2) is 0 Å². The van der Waals surface area contributed by atoms with Crippen molar-refractivity contribution in [2.24, 2.45) is 0 Å². The lowest BCUT2D eigenvalue weighted by Crippen LogP contribution is -2.45. The third-order valence-corrected chi connectivity index (χ3v) is 3.48. The Labute approximate surface area is 101 Å². The van der Waals surface area contributed by atoms with E-state index in [-0.39, 0.29) is 0 Å². The summed E-state index contributed by atoms with van der Waals surface area (Å²) in [5.74, 6) is 0. The van der Waals surface area contributed by atoms with Crippen molar-refractivity contribution in [3.8, 4) is 0 Å². The fourth-order valence-electron chi connectivity index (χ4n) is 2.61. The maximum absolute atomic E-state index is 5.29. The van der Waals surface area contributed by atoms with Crippen LogP contribution in [0.5, 0.6) is 0 Å². The van der Waals surface area contributed by atoms with Crippen LogP contribution in [0.2, 0.25) is 0 Å². The van der Waals surface area contributed by atoms with Crippen LogP contribution >= 0.6 is 0 Å². The maximum Gasteiger partial charge on any atom is 0.0628 e. The van der Waals surface area contributed by atoms with E-state index in [9.17, 15) is 0 Å². The van der Waals surface area contributed by atoms with Gasteiger partial charge < -0.3 is 10.1 Å². The number of hydrogen-bond acceptors (Lipinski definition) is 3. The molecule has 1 aliphatic heterocycles. The highest BCUT2D eigenvalue weighted by Crippen LogP contribution is 2.19. The second-order valence-electron chi connectivity index (χ2n) is 4.81. The minimum atomic E-state index is 0.497. The summed E-state index contributed by atoms with van der Waals surface area (Å²) in [5.41, 5.74) is 0. The molecule has 3 heteroatoms. The molecule has 0 amide bonds. The molecule has 16 heavy (non-hydrogen) atoms. The van der Waals surface area contributed by atoms with Gasteiger partial charge in [0.05, 0.1) is 6.61 Å². The smallest absolute Gasteiger partial charge is 0.0628 e. The molecule has 1 fully saturated rings. The van der Waals surface area contributed by atoms with Crippen molar-refractivity contribution in [1.29, 1.82) is 0 Å². The fourth-order valence-corrected chi connectivity index (χ4v) is 2.61. The Hall–Kier alpha value is -0.120.